The molecule has 1 aliphatic rings. The van der Waals surface area contributed by atoms with E-state index < -0.39 is 17.6 Å². The average molecular weight is 456 g/mol. The second-order valence-electron chi connectivity index (χ2n) is 8.21. The second kappa shape index (κ2) is 8.87. The van der Waals surface area contributed by atoms with Gasteiger partial charge in [-0.15, -0.1) is 0 Å². The van der Waals surface area contributed by atoms with Gasteiger partial charge in [0.2, 0.25) is 11.8 Å². The molecule has 0 aliphatic carbocycles. The standard InChI is InChI=1S/C26H21FN4O3/c1-14-8-23-21(9-18(14)11-28)22-10-19(27)12-29-25(22)15(2)26(34)31(23)13-24(33)30-20-6-4-17(5-7-20)16(3)32/h4-10,12,15H,13H2,1-3H3,(H,30,33). The fraction of sp³-hybridized carbons (Fsp3) is 0.192. The van der Waals surface area contributed by atoms with Crippen molar-refractivity contribution in [1.82, 2.24) is 4.98 Å². The van der Waals surface area contributed by atoms with Crippen LogP contribution in [0.3, 0.4) is 0 Å². The molecule has 0 spiro atoms. The Kier molecular flexibility index (Phi) is 5.95. The van der Waals surface area contributed by atoms with E-state index in [-0.39, 0.29) is 18.2 Å². The number of aryl methyl sites for hydroxylation is 1. The van der Waals surface area contributed by atoms with Crippen LogP contribution in [-0.2, 0) is 9.59 Å². The van der Waals surface area contributed by atoms with Gasteiger partial charge in [0.15, 0.2) is 5.78 Å². The molecule has 1 N–H and O–H groups in total. The molecule has 0 radical (unpaired) electrons. The van der Waals surface area contributed by atoms with Crippen molar-refractivity contribution in [2.75, 3.05) is 16.8 Å². The number of aromatic nitrogens is 1. The second-order valence-corrected chi connectivity index (χ2v) is 8.21. The summed E-state index contributed by atoms with van der Waals surface area (Å²) in [6.45, 7) is 4.54. The molecule has 2 heterocycles. The molecule has 34 heavy (non-hydrogen) atoms. The van der Waals surface area contributed by atoms with Crippen molar-refractivity contribution in [2.45, 2.75) is 26.7 Å². The number of amides is 2. The van der Waals surface area contributed by atoms with Gasteiger partial charge in [0, 0.05) is 22.4 Å². The summed E-state index contributed by atoms with van der Waals surface area (Å²) >= 11 is 0. The highest BCUT2D eigenvalue weighted by atomic mass is 19.1. The van der Waals surface area contributed by atoms with E-state index in [1.807, 2.05) is 0 Å². The summed E-state index contributed by atoms with van der Waals surface area (Å²) in [4.78, 5) is 43.3. The number of nitrogens with zero attached hydrogens (tertiary/aromatic N) is 3. The van der Waals surface area contributed by atoms with Crippen LogP contribution in [0.5, 0.6) is 0 Å². The van der Waals surface area contributed by atoms with E-state index in [2.05, 4.69) is 16.4 Å². The molecule has 0 fully saturated rings. The number of nitriles is 1. The number of hydrogen-bond donors (Lipinski definition) is 1. The number of carbonyl (C=O) groups is 3. The van der Waals surface area contributed by atoms with Crippen LogP contribution in [0.4, 0.5) is 15.8 Å². The fourth-order valence-electron chi connectivity index (χ4n) is 4.03. The Morgan fingerprint density at radius 3 is 2.53 bits per heavy atom. The lowest BCUT2D eigenvalue weighted by molar-refractivity contribution is -0.122. The Morgan fingerprint density at radius 1 is 1.18 bits per heavy atom. The molecule has 2 amide bonds. The monoisotopic (exact) mass is 456 g/mol. The van der Waals surface area contributed by atoms with Gasteiger partial charge in [-0.05, 0) is 68.8 Å². The highest BCUT2D eigenvalue weighted by Gasteiger charge is 2.34. The number of hydrogen-bond acceptors (Lipinski definition) is 5. The molecule has 1 atom stereocenters. The number of carbonyl (C=O) groups excluding carboxylic acids is 3. The summed E-state index contributed by atoms with van der Waals surface area (Å²) < 4.78 is 14.1. The molecule has 1 unspecified atom stereocenters. The number of halogens is 1. The van der Waals surface area contributed by atoms with Gasteiger partial charge in [-0.3, -0.25) is 19.4 Å². The lowest BCUT2D eigenvalue weighted by atomic mass is 9.95. The van der Waals surface area contributed by atoms with Crippen LogP contribution in [0.1, 0.15) is 46.9 Å². The maximum Gasteiger partial charge on any atom is 0.244 e. The zero-order valence-electron chi connectivity index (χ0n) is 18.8. The zero-order chi connectivity index (χ0) is 24.6. The molecule has 170 valence electrons. The SMILES string of the molecule is CC(=O)c1ccc(NC(=O)CN2C(=O)C(C)c3ncc(F)cc3-c3cc(C#N)c(C)cc32)cc1. The van der Waals surface area contributed by atoms with Crippen molar-refractivity contribution < 1.29 is 18.8 Å². The van der Waals surface area contributed by atoms with E-state index in [1.165, 1.54) is 17.9 Å². The molecule has 7 nitrogen and oxygen atoms in total. The predicted octanol–water partition coefficient (Wildman–Crippen LogP) is 4.36. The first-order valence-electron chi connectivity index (χ1n) is 10.6. The summed E-state index contributed by atoms with van der Waals surface area (Å²) in [5, 5.41) is 12.3. The van der Waals surface area contributed by atoms with E-state index >= 15 is 0 Å². The predicted molar refractivity (Wildman–Crippen MR) is 125 cm³/mol. The number of benzene rings is 2. The number of fused-ring (bicyclic) bond motifs is 3. The molecule has 0 saturated heterocycles. The third-order valence-electron chi connectivity index (χ3n) is 5.85. The topological polar surface area (TPSA) is 103 Å². The zero-order valence-corrected chi connectivity index (χ0v) is 18.8. The number of Topliss-reactive ketones (excluding diaryl/α,β-unsaturated/α-hetero) is 1. The average Bonchev–Trinajstić information content (AvgIpc) is 2.88. The van der Waals surface area contributed by atoms with E-state index in [9.17, 15) is 24.0 Å². The number of nitrogens with one attached hydrogen (secondary N) is 1. The first kappa shape index (κ1) is 22.8. The maximum absolute atomic E-state index is 14.1. The molecule has 8 heteroatoms. The third kappa shape index (κ3) is 4.16. The van der Waals surface area contributed by atoms with E-state index in [1.54, 1.807) is 50.2 Å². The molecular weight excluding hydrogens is 435 g/mol. The van der Waals surface area contributed by atoms with Crippen LogP contribution in [0, 0.1) is 24.1 Å². The molecule has 4 rings (SSSR count). The minimum absolute atomic E-state index is 0.0876. The van der Waals surface area contributed by atoms with Gasteiger partial charge in [0.25, 0.3) is 0 Å². The Morgan fingerprint density at radius 2 is 1.88 bits per heavy atom. The summed E-state index contributed by atoms with van der Waals surface area (Å²) in [5.74, 6) is -2.21. The lowest BCUT2D eigenvalue weighted by Crippen LogP contribution is -2.40. The van der Waals surface area contributed by atoms with Gasteiger partial charge in [-0.1, -0.05) is 0 Å². The molecular formula is C26H21FN4O3. The van der Waals surface area contributed by atoms with Gasteiger partial charge in [-0.2, -0.15) is 5.26 Å². The minimum atomic E-state index is -0.739. The Balaban J connectivity index is 1.74. The summed E-state index contributed by atoms with van der Waals surface area (Å²) in [5.41, 5.74) is 3.66. The Labute approximate surface area is 195 Å². The van der Waals surface area contributed by atoms with Gasteiger partial charge in [0.05, 0.1) is 35.1 Å². The molecule has 2 aromatic carbocycles. The molecule has 0 saturated carbocycles. The van der Waals surface area contributed by atoms with Crippen LogP contribution in [0.2, 0.25) is 0 Å². The van der Waals surface area contributed by atoms with Crippen molar-refractivity contribution >= 4 is 29.0 Å². The summed E-state index contributed by atoms with van der Waals surface area (Å²) in [6, 6.07) is 13.1. The van der Waals surface area contributed by atoms with E-state index in [4.69, 9.17) is 0 Å². The number of pyridine rings is 1. The Bertz CT molecular complexity index is 1380. The van der Waals surface area contributed by atoms with Crippen molar-refractivity contribution in [3.05, 3.63) is 76.9 Å². The first-order chi connectivity index (χ1) is 16.2. The lowest BCUT2D eigenvalue weighted by Gasteiger charge is -2.25. The van der Waals surface area contributed by atoms with Gasteiger partial charge in [0.1, 0.15) is 12.4 Å². The number of rotatable bonds is 4. The molecule has 1 aliphatic heterocycles. The Hall–Kier alpha value is -4.38. The van der Waals surface area contributed by atoms with Gasteiger partial charge >= 0.3 is 0 Å². The number of ketones is 1. The molecule has 3 aromatic rings. The van der Waals surface area contributed by atoms with Crippen LogP contribution in [0.15, 0.2) is 48.7 Å². The highest BCUT2D eigenvalue weighted by molar-refractivity contribution is 6.09. The minimum Gasteiger partial charge on any atom is -0.325 e. The van der Waals surface area contributed by atoms with Crippen LogP contribution in [-0.4, -0.2) is 29.1 Å². The quantitative estimate of drug-likeness (QED) is 0.588. The third-order valence-corrected chi connectivity index (χ3v) is 5.85. The first-order valence-corrected chi connectivity index (χ1v) is 10.6. The largest absolute Gasteiger partial charge is 0.325 e. The highest BCUT2D eigenvalue weighted by Crippen LogP contribution is 2.41. The van der Waals surface area contributed by atoms with Gasteiger partial charge < -0.3 is 10.2 Å². The molecule has 1 aromatic heterocycles. The fourth-order valence-corrected chi connectivity index (χ4v) is 4.03. The number of anilines is 2. The van der Waals surface area contributed by atoms with Crippen LogP contribution in [0.25, 0.3) is 11.1 Å². The van der Waals surface area contributed by atoms with Crippen molar-refractivity contribution in [1.29, 1.82) is 5.26 Å². The van der Waals surface area contributed by atoms with Gasteiger partial charge in [-0.25, -0.2) is 4.39 Å². The van der Waals surface area contributed by atoms with Crippen molar-refractivity contribution in [3.8, 4) is 17.2 Å². The smallest absolute Gasteiger partial charge is 0.244 e. The molecule has 0 bridgehead atoms. The summed E-state index contributed by atoms with van der Waals surface area (Å²) in [6.07, 6.45) is 1.05. The van der Waals surface area contributed by atoms with Crippen molar-refractivity contribution in [2.24, 2.45) is 0 Å². The summed E-state index contributed by atoms with van der Waals surface area (Å²) in [7, 11) is 0. The van der Waals surface area contributed by atoms with Crippen molar-refractivity contribution in [3.63, 3.8) is 0 Å². The van der Waals surface area contributed by atoms with Crippen LogP contribution < -0.4 is 10.2 Å². The van der Waals surface area contributed by atoms with E-state index in [0.717, 1.165) is 6.20 Å². The normalized spacial score (nSPS) is 14.5. The van der Waals surface area contributed by atoms with E-state index in [0.29, 0.717) is 44.9 Å². The maximum atomic E-state index is 14.1. The van der Waals surface area contributed by atoms with Crippen LogP contribution >= 0.6 is 0 Å².